The molecule has 64 valence electrons. The molecule has 0 radical (unpaired) electrons. The average Bonchev–Trinajstić information content (AvgIpc) is 2.17. The first kappa shape index (κ1) is 9.09. The van der Waals surface area contributed by atoms with E-state index in [9.17, 15) is 4.79 Å². The van der Waals surface area contributed by atoms with Crippen LogP contribution in [0.2, 0.25) is 0 Å². The third-order valence-electron chi connectivity index (χ3n) is 1.55. The average molecular weight is 182 g/mol. The number of hydrogen-bond acceptors (Lipinski definition) is 3. The maximum atomic E-state index is 11.0. The van der Waals surface area contributed by atoms with Crippen molar-refractivity contribution in [3.8, 4) is 0 Å². The van der Waals surface area contributed by atoms with Gasteiger partial charge in [0.2, 0.25) is 0 Å². The summed E-state index contributed by atoms with van der Waals surface area (Å²) in [6, 6.07) is 7.07. The Kier molecular flexibility index (Phi) is 3.13. The standard InChI is InChI=1S/C8H10N2OS/c9-5-6-1-3-7(4-2-6)8(11)10-12/h1-4,12H,5,9H2,(H,10,11). The first-order valence-electron chi connectivity index (χ1n) is 3.51. The minimum Gasteiger partial charge on any atom is -0.326 e. The van der Waals surface area contributed by atoms with E-state index < -0.39 is 0 Å². The SMILES string of the molecule is NCc1ccc(C(=O)NS)cc1. The maximum absolute atomic E-state index is 11.0. The molecule has 1 aromatic rings. The number of amides is 1. The zero-order valence-electron chi connectivity index (χ0n) is 6.45. The monoisotopic (exact) mass is 182 g/mol. The molecule has 4 heteroatoms. The van der Waals surface area contributed by atoms with Crippen molar-refractivity contribution in [2.45, 2.75) is 6.54 Å². The Hall–Kier alpha value is -1.00. The number of nitrogens with two attached hydrogens (primary N) is 1. The molecule has 0 aromatic heterocycles. The highest BCUT2D eigenvalue weighted by atomic mass is 32.1. The van der Waals surface area contributed by atoms with Crippen LogP contribution in [0.3, 0.4) is 0 Å². The fraction of sp³-hybridized carbons (Fsp3) is 0.125. The van der Waals surface area contributed by atoms with E-state index in [1.165, 1.54) is 0 Å². The molecule has 1 aromatic carbocycles. The van der Waals surface area contributed by atoms with Gasteiger partial charge >= 0.3 is 0 Å². The van der Waals surface area contributed by atoms with Crippen LogP contribution in [0.15, 0.2) is 24.3 Å². The third kappa shape index (κ3) is 1.99. The summed E-state index contributed by atoms with van der Waals surface area (Å²) in [6.45, 7) is 0.489. The summed E-state index contributed by atoms with van der Waals surface area (Å²) in [5.74, 6) is -0.207. The van der Waals surface area contributed by atoms with Gasteiger partial charge in [0, 0.05) is 12.1 Å². The fourth-order valence-corrected chi connectivity index (χ4v) is 0.986. The van der Waals surface area contributed by atoms with E-state index in [4.69, 9.17) is 5.73 Å². The number of hydrogen-bond donors (Lipinski definition) is 3. The van der Waals surface area contributed by atoms with Gasteiger partial charge in [-0.15, -0.1) is 0 Å². The number of rotatable bonds is 2. The summed E-state index contributed by atoms with van der Waals surface area (Å²) >= 11 is 3.65. The Morgan fingerprint density at radius 2 is 2.00 bits per heavy atom. The summed E-state index contributed by atoms with van der Waals surface area (Å²) in [4.78, 5) is 11.0. The van der Waals surface area contributed by atoms with Crippen LogP contribution in [0, 0.1) is 0 Å². The van der Waals surface area contributed by atoms with Crippen LogP contribution in [-0.4, -0.2) is 5.91 Å². The number of nitrogens with one attached hydrogen (secondary N) is 1. The van der Waals surface area contributed by atoms with Crippen LogP contribution in [-0.2, 0) is 6.54 Å². The van der Waals surface area contributed by atoms with Gasteiger partial charge in [-0.2, -0.15) is 0 Å². The second kappa shape index (κ2) is 4.13. The molecule has 0 aliphatic rings. The summed E-state index contributed by atoms with van der Waals surface area (Å²) in [6.07, 6.45) is 0. The molecule has 1 rings (SSSR count). The van der Waals surface area contributed by atoms with Gasteiger partial charge < -0.3 is 5.73 Å². The topological polar surface area (TPSA) is 55.1 Å². The van der Waals surface area contributed by atoms with Gasteiger partial charge in [0.1, 0.15) is 0 Å². The van der Waals surface area contributed by atoms with Crippen molar-refractivity contribution in [3.63, 3.8) is 0 Å². The van der Waals surface area contributed by atoms with Crippen LogP contribution < -0.4 is 10.5 Å². The number of carbonyl (C=O) groups is 1. The highest BCUT2D eigenvalue weighted by Crippen LogP contribution is 2.03. The lowest BCUT2D eigenvalue weighted by Gasteiger charge is -1.99. The summed E-state index contributed by atoms with van der Waals surface area (Å²) in [5.41, 5.74) is 6.98. The van der Waals surface area contributed by atoms with Crippen molar-refractivity contribution in [1.29, 1.82) is 0 Å². The van der Waals surface area contributed by atoms with Crippen LogP contribution in [0.4, 0.5) is 0 Å². The first-order chi connectivity index (χ1) is 5.77. The van der Waals surface area contributed by atoms with Crippen molar-refractivity contribution in [2.75, 3.05) is 0 Å². The van der Waals surface area contributed by atoms with Crippen LogP contribution in [0.5, 0.6) is 0 Å². The van der Waals surface area contributed by atoms with Gasteiger partial charge in [-0.25, -0.2) is 0 Å². The molecule has 0 saturated carbocycles. The van der Waals surface area contributed by atoms with Gasteiger partial charge in [-0.3, -0.25) is 9.52 Å². The minimum absolute atomic E-state index is 0.207. The maximum Gasteiger partial charge on any atom is 0.260 e. The number of thiol groups is 1. The van der Waals surface area contributed by atoms with Gasteiger partial charge in [-0.05, 0) is 17.7 Å². The Morgan fingerprint density at radius 3 is 2.42 bits per heavy atom. The number of carbonyl (C=O) groups excluding carboxylic acids is 1. The van der Waals surface area contributed by atoms with Crippen LogP contribution in [0.1, 0.15) is 15.9 Å². The highest BCUT2D eigenvalue weighted by Gasteiger charge is 2.01. The fourth-order valence-electron chi connectivity index (χ4n) is 0.857. The molecular formula is C8H10N2OS. The van der Waals surface area contributed by atoms with E-state index in [1.807, 2.05) is 12.1 Å². The minimum atomic E-state index is -0.207. The van der Waals surface area contributed by atoms with E-state index >= 15 is 0 Å². The Labute approximate surface area is 76.5 Å². The van der Waals surface area contributed by atoms with E-state index in [1.54, 1.807) is 12.1 Å². The summed E-state index contributed by atoms with van der Waals surface area (Å²) in [7, 11) is 0. The normalized spacial score (nSPS) is 9.50. The van der Waals surface area contributed by atoms with Crippen LogP contribution in [0.25, 0.3) is 0 Å². The molecule has 0 saturated heterocycles. The zero-order chi connectivity index (χ0) is 8.97. The van der Waals surface area contributed by atoms with Crippen molar-refractivity contribution < 1.29 is 4.79 Å². The lowest BCUT2D eigenvalue weighted by atomic mass is 10.1. The Balaban J connectivity index is 2.84. The predicted octanol–water partition coefficient (Wildman–Crippen LogP) is 0.720. The molecule has 0 atom stereocenters. The smallest absolute Gasteiger partial charge is 0.260 e. The quantitative estimate of drug-likeness (QED) is 0.590. The molecule has 12 heavy (non-hydrogen) atoms. The van der Waals surface area contributed by atoms with Crippen molar-refractivity contribution in [1.82, 2.24) is 4.72 Å². The summed E-state index contributed by atoms with van der Waals surface area (Å²) < 4.78 is 2.24. The van der Waals surface area contributed by atoms with E-state index in [2.05, 4.69) is 17.5 Å². The van der Waals surface area contributed by atoms with Crippen LogP contribution >= 0.6 is 12.8 Å². The molecule has 0 heterocycles. The van der Waals surface area contributed by atoms with Gasteiger partial charge in [0.05, 0.1) is 0 Å². The van der Waals surface area contributed by atoms with Crippen molar-refractivity contribution >= 4 is 18.7 Å². The molecule has 0 aliphatic heterocycles. The molecule has 1 amide bonds. The van der Waals surface area contributed by atoms with E-state index in [0.717, 1.165) is 5.56 Å². The largest absolute Gasteiger partial charge is 0.326 e. The molecule has 3 nitrogen and oxygen atoms in total. The second-order valence-electron chi connectivity index (χ2n) is 2.34. The van der Waals surface area contributed by atoms with Crippen molar-refractivity contribution in [3.05, 3.63) is 35.4 Å². The van der Waals surface area contributed by atoms with E-state index in [0.29, 0.717) is 12.1 Å². The second-order valence-corrected chi connectivity index (χ2v) is 2.57. The molecule has 0 fully saturated rings. The zero-order valence-corrected chi connectivity index (χ0v) is 7.34. The van der Waals surface area contributed by atoms with Gasteiger partial charge in [0.15, 0.2) is 0 Å². The molecular weight excluding hydrogens is 172 g/mol. The molecule has 0 aliphatic carbocycles. The van der Waals surface area contributed by atoms with Gasteiger partial charge in [0.25, 0.3) is 5.91 Å². The third-order valence-corrected chi connectivity index (χ3v) is 1.76. The number of benzene rings is 1. The van der Waals surface area contributed by atoms with Gasteiger partial charge in [-0.1, -0.05) is 24.9 Å². The highest BCUT2D eigenvalue weighted by molar-refractivity contribution is 7.78. The molecule has 0 spiro atoms. The Morgan fingerprint density at radius 1 is 1.42 bits per heavy atom. The van der Waals surface area contributed by atoms with Crippen molar-refractivity contribution in [2.24, 2.45) is 5.73 Å². The Bertz CT molecular complexity index is 271. The lowest BCUT2D eigenvalue weighted by Crippen LogP contribution is -2.12. The molecule has 0 unspecified atom stereocenters. The predicted molar refractivity (Wildman–Crippen MR) is 50.8 cm³/mol. The molecule has 0 bridgehead atoms. The summed E-state index contributed by atoms with van der Waals surface area (Å²) in [5, 5.41) is 0. The first-order valence-corrected chi connectivity index (χ1v) is 3.96. The van der Waals surface area contributed by atoms with E-state index in [-0.39, 0.29) is 5.91 Å². The lowest BCUT2D eigenvalue weighted by molar-refractivity contribution is 0.0985. The molecule has 3 N–H and O–H groups in total.